The van der Waals surface area contributed by atoms with Gasteiger partial charge in [-0.25, -0.2) is 0 Å². The second kappa shape index (κ2) is 3.96. The van der Waals surface area contributed by atoms with E-state index in [-0.39, 0.29) is 12.0 Å². The zero-order chi connectivity index (χ0) is 11.7. The number of carbonyl (C=O) groups is 1. The summed E-state index contributed by atoms with van der Waals surface area (Å²) in [4.78, 5) is 11.3. The average Bonchev–Trinajstić information content (AvgIpc) is 2.42. The van der Waals surface area contributed by atoms with Gasteiger partial charge in [0.05, 0.1) is 5.56 Å². The predicted molar refractivity (Wildman–Crippen MR) is 61.8 cm³/mol. The van der Waals surface area contributed by atoms with Crippen LogP contribution in [0, 0.1) is 0 Å². The summed E-state index contributed by atoms with van der Waals surface area (Å²) in [6.45, 7) is 8.08. The van der Waals surface area contributed by atoms with Gasteiger partial charge in [0.25, 0.3) is 5.91 Å². The molecule has 0 aromatic carbocycles. The molecular weight excluding hydrogens is 190 g/mol. The lowest BCUT2D eigenvalue weighted by Crippen LogP contribution is -2.16. The third-order valence-electron chi connectivity index (χ3n) is 2.53. The van der Waals surface area contributed by atoms with Gasteiger partial charge in [-0.3, -0.25) is 4.79 Å². The lowest BCUT2D eigenvalue weighted by Gasteiger charge is -2.09. The van der Waals surface area contributed by atoms with Crippen LogP contribution >= 0.6 is 0 Å². The molecule has 84 valence electrons. The van der Waals surface area contributed by atoms with Gasteiger partial charge in [-0.05, 0) is 25.3 Å². The van der Waals surface area contributed by atoms with E-state index in [1.165, 1.54) is 0 Å². The van der Waals surface area contributed by atoms with Crippen molar-refractivity contribution in [2.24, 2.45) is 5.73 Å². The van der Waals surface area contributed by atoms with Crippen molar-refractivity contribution < 1.29 is 4.79 Å². The fourth-order valence-electron chi connectivity index (χ4n) is 1.69. The van der Waals surface area contributed by atoms with Gasteiger partial charge in [-0.15, -0.1) is 0 Å². The molecule has 0 radical (unpaired) electrons. The van der Waals surface area contributed by atoms with Gasteiger partial charge in [0.15, 0.2) is 0 Å². The molecule has 0 saturated heterocycles. The van der Waals surface area contributed by atoms with Crippen molar-refractivity contribution in [3.05, 3.63) is 17.3 Å². The van der Waals surface area contributed by atoms with Gasteiger partial charge in [-0.1, -0.05) is 13.8 Å². The number of anilines is 1. The summed E-state index contributed by atoms with van der Waals surface area (Å²) >= 11 is 0. The highest BCUT2D eigenvalue weighted by molar-refractivity contribution is 5.99. The van der Waals surface area contributed by atoms with Crippen LogP contribution in [-0.2, 0) is 0 Å². The van der Waals surface area contributed by atoms with Crippen LogP contribution in [0.1, 0.15) is 55.6 Å². The minimum Gasteiger partial charge on any atom is -0.384 e. The molecule has 1 amide bonds. The summed E-state index contributed by atoms with van der Waals surface area (Å²) in [5.41, 5.74) is 12.6. The van der Waals surface area contributed by atoms with Crippen LogP contribution in [0.25, 0.3) is 0 Å². The molecule has 1 heterocycles. The maximum absolute atomic E-state index is 11.3. The van der Waals surface area contributed by atoms with E-state index in [0.717, 1.165) is 5.56 Å². The molecule has 0 fully saturated rings. The molecule has 4 nitrogen and oxygen atoms in total. The van der Waals surface area contributed by atoms with E-state index in [1.54, 1.807) is 0 Å². The maximum atomic E-state index is 11.3. The van der Waals surface area contributed by atoms with Crippen molar-refractivity contribution in [2.45, 2.75) is 39.7 Å². The van der Waals surface area contributed by atoms with Crippen LogP contribution in [0.3, 0.4) is 0 Å². The molecule has 4 N–H and O–H groups in total. The minimum absolute atomic E-state index is 0.232. The summed E-state index contributed by atoms with van der Waals surface area (Å²) in [6.07, 6.45) is 1.92. The average molecular weight is 209 g/mol. The van der Waals surface area contributed by atoms with Crippen LogP contribution in [0.4, 0.5) is 5.82 Å². The zero-order valence-electron chi connectivity index (χ0n) is 9.74. The maximum Gasteiger partial charge on any atom is 0.252 e. The molecule has 1 aromatic rings. The first-order chi connectivity index (χ1) is 6.86. The summed E-state index contributed by atoms with van der Waals surface area (Å²) in [5.74, 6) is 0.270. The first-order valence-electron chi connectivity index (χ1n) is 5.16. The van der Waals surface area contributed by atoms with Gasteiger partial charge in [0.2, 0.25) is 0 Å². The zero-order valence-corrected chi connectivity index (χ0v) is 9.74. The number of primary amides is 1. The summed E-state index contributed by atoms with van der Waals surface area (Å²) in [5, 5.41) is 0. The SMILES string of the molecule is CC(C)c1cn(C(C)C)c(N)c1C(N)=O. The molecule has 1 aromatic heterocycles. The molecule has 0 saturated carbocycles. The highest BCUT2D eigenvalue weighted by atomic mass is 16.1. The summed E-state index contributed by atoms with van der Waals surface area (Å²) in [6, 6.07) is 0.232. The number of hydrogen-bond acceptors (Lipinski definition) is 2. The summed E-state index contributed by atoms with van der Waals surface area (Å²) in [7, 11) is 0. The molecule has 0 unspecified atom stereocenters. The Morgan fingerprint density at radius 1 is 1.33 bits per heavy atom. The lowest BCUT2D eigenvalue weighted by atomic mass is 10.0. The Hall–Kier alpha value is -1.45. The van der Waals surface area contributed by atoms with Crippen LogP contribution < -0.4 is 11.5 Å². The molecule has 0 atom stereocenters. The van der Waals surface area contributed by atoms with Crippen molar-refractivity contribution >= 4 is 11.7 Å². The standard InChI is InChI=1S/C11H19N3O/c1-6(2)8-5-14(7(3)4)10(12)9(8)11(13)15/h5-7H,12H2,1-4H3,(H2,13,15). The molecule has 0 aliphatic heterocycles. The number of nitrogens with zero attached hydrogens (tertiary/aromatic N) is 1. The van der Waals surface area contributed by atoms with Crippen molar-refractivity contribution in [1.82, 2.24) is 4.57 Å². The second-order valence-electron chi connectivity index (χ2n) is 4.36. The number of nitrogens with two attached hydrogens (primary N) is 2. The summed E-state index contributed by atoms with van der Waals surface area (Å²) < 4.78 is 1.88. The van der Waals surface area contributed by atoms with Crippen molar-refractivity contribution in [1.29, 1.82) is 0 Å². The molecule has 4 heteroatoms. The molecule has 15 heavy (non-hydrogen) atoms. The van der Waals surface area contributed by atoms with Crippen molar-refractivity contribution in [3.63, 3.8) is 0 Å². The molecule has 0 aliphatic carbocycles. The monoisotopic (exact) mass is 209 g/mol. The highest BCUT2D eigenvalue weighted by Crippen LogP contribution is 2.28. The van der Waals surface area contributed by atoms with E-state index >= 15 is 0 Å². The molecule has 0 bridgehead atoms. The third kappa shape index (κ3) is 1.98. The van der Waals surface area contributed by atoms with Gasteiger partial charge in [0, 0.05) is 12.2 Å². The number of nitrogen functional groups attached to an aromatic ring is 1. The second-order valence-corrected chi connectivity index (χ2v) is 4.36. The minimum atomic E-state index is -0.449. The molecule has 0 spiro atoms. The lowest BCUT2D eigenvalue weighted by molar-refractivity contribution is 0.1000. The first kappa shape index (κ1) is 11.6. The normalized spacial score (nSPS) is 11.3. The highest BCUT2D eigenvalue weighted by Gasteiger charge is 2.20. The Kier molecular flexibility index (Phi) is 3.07. The smallest absolute Gasteiger partial charge is 0.252 e. The number of aromatic nitrogens is 1. The van der Waals surface area contributed by atoms with E-state index in [0.29, 0.717) is 11.4 Å². The van der Waals surface area contributed by atoms with Crippen LogP contribution in [0.2, 0.25) is 0 Å². The van der Waals surface area contributed by atoms with Gasteiger partial charge in [0.1, 0.15) is 5.82 Å². The Labute approximate surface area is 90.2 Å². The predicted octanol–water partition coefficient (Wildman–Crippen LogP) is 1.87. The quantitative estimate of drug-likeness (QED) is 0.797. The Morgan fingerprint density at radius 3 is 2.13 bits per heavy atom. The van der Waals surface area contributed by atoms with Gasteiger partial charge in [-0.2, -0.15) is 0 Å². The van der Waals surface area contributed by atoms with Crippen molar-refractivity contribution in [3.8, 4) is 0 Å². The topological polar surface area (TPSA) is 74.0 Å². The van der Waals surface area contributed by atoms with Gasteiger partial charge >= 0.3 is 0 Å². The number of carbonyl (C=O) groups excluding carboxylic acids is 1. The number of amides is 1. The molecule has 1 rings (SSSR count). The number of hydrogen-bond donors (Lipinski definition) is 2. The fourth-order valence-corrected chi connectivity index (χ4v) is 1.69. The van der Waals surface area contributed by atoms with E-state index in [4.69, 9.17) is 11.5 Å². The Balaban J connectivity index is 3.39. The third-order valence-corrected chi connectivity index (χ3v) is 2.53. The van der Waals surface area contributed by atoms with Crippen molar-refractivity contribution in [2.75, 3.05) is 5.73 Å². The van der Waals surface area contributed by atoms with E-state index < -0.39 is 5.91 Å². The first-order valence-corrected chi connectivity index (χ1v) is 5.16. The van der Waals surface area contributed by atoms with E-state index in [2.05, 4.69) is 0 Å². The van der Waals surface area contributed by atoms with E-state index in [9.17, 15) is 4.79 Å². The molecule has 0 aliphatic rings. The van der Waals surface area contributed by atoms with Crippen LogP contribution in [-0.4, -0.2) is 10.5 Å². The number of rotatable bonds is 3. The van der Waals surface area contributed by atoms with Crippen LogP contribution in [0.5, 0.6) is 0 Å². The Morgan fingerprint density at radius 2 is 1.87 bits per heavy atom. The fraction of sp³-hybridized carbons (Fsp3) is 0.545. The van der Waals surface area contributed by atoms with E-state index in [1.807, 2.05) is 38.5 Å². The Bertz CT molecular complexity index is 377. The van der Waals surface area contributed by atoms with Crippen LogP contribution in [0.15, 0.2) is 6.20 Å². The largest absolute Gasteiger partial charge is 0.384 e. The van der Waals surface area contributed by atoms with Gasteiger partial charge < -0.3 is 16.0 Å². The molecular formula is C11H19N3O.